The van der Waals surface area contributed by atoms with Gasteiger partial charge in [0.1, 0.15) is 0 Å². The van der Waals surface area contributed by atoms with E-state index >= 15 is 0 Å². The van der Waals surface area contributed by atoms with Crippen molar-refractivity contribution in [1.82, 2.24) is 4.90 Å². The number of carbonyl (C=O) groups excluding carboxylic acids is 1. The van der Waals surface area contributed by atoms with Crippen molar-refractivity contribution in [3.8, 4) is 0 Å². The molecule has 2 N–H and O–H groups in total. The minimum atomic E-state index is 0.164. The first kappa shape index (κ1) is 21.4. The average molecular weight is 313 g/mol. The van der Waals surface area contributed by atoms with Gasteiger partial charge in [0.15, 0.2) is 0 Å². The molecule has 0 heterocycles. The van der Waals surface area contributed by atoms with Crippen molar-refractivity contribution in [2.75, 3.05) is 20.1 Å². The van der Waals surface area contributed by atoms with E-state index in [9.17, 15) is 4.79 Å². The van der Waals surface area contributed by atoms with Gasteiger partial charge in [0.2, 0.25) is 5.91 Å². The summed E-state index contributed by atoms with van der Waals surface area (Å²) in [5, 5.41) is 0. The zero-order valence-electron chi connectivity index (χ0n) is 15.4. The van der Waals surface area contributed by atoms with Gasteiger partial charge in [0.25, 0.3) is 0 Å². The minimum Gasteiger partial charge on any atom is -0.345 e. The first-order chi connectivity index (χ1) is 10.6. The number of hydrogen-bond donors (Lipinski definition) is 1. The van der Waals surface area contributed by atoms with Crippen LogP contribution in [0.2, 0.25) is 0 Å². The molecule has 0 radical (unpaired) electrons. The van der Waals surface area contributed by atoms with E-state index in [1.54, 1.807) is 0 Å². The summed E-state index contributed by atoms with van der Waals surface area (Å²) in [5.74, 6) is 0.446. The molecule has 0 aromatic rings. The molecule has 1 atom stereocenters. The molecule has 22 heavy (non-hydrogen) atoms. The summed E-state index contributed by atoms with van der Waals surface area (Å²) in [4.78, 5) is 14.0. The van der Waals surface area contributed by atoms with Gasteiger partial charge in [-0.05, 0) is 19.4 Å². The maximum atomic E-state index is 12.1. The Kier molecular flexibility index (Phi) is 14.9. The molecule has 0 spiro atoms. The van der Waals surface area contributed by atoms with Crippen molar-refractivity contribution in [2.24, 2.45) is 11.7 Å². The van der Waals surface area contributed by atoms with Crippen LogP contribution in [-0.2, 0) is 4.79 Å². The highest BCUT2D eigenvalue weighted by Gasteiger charge is 2.16. The third kappa shape index (κ3) is 12.0. The standard InChI is InChI=1S/C19H40N2O/c1-4-5-6-7-8-9-10-11-12-13-15-18(2)19(22)21(3)17-14-16-20/h18H,4-17,20H2,1-3H3. The zero-order chi connectivity index (χ0) is 16.6. The van der Waals surface area contributed by atoms with E-state index in [-0.39, 0.29) is 11.8 Å². The van der Waals surface area contributed by atoms with Crippen LogP contribution < -0.4 is 5.73 Å². The fraction of sp³-hybridized carbons (Fsp3) is 0.947. The SMILES string of the molecule is CCCCCCCCCCCCC(C)C(=O)N(C)CCCN. The maximum Gasteiger partial charge on any atom is 0.225 e. The molecule has 0 bridgehead atoms. The molecule has 0 aromatic heterocycles. The molecular formula is C19H40N2O. The topological polar surface area (TPSA) is 46.3 Å². The van der Waals surface area contributed by atoms with Crippen LogP contribution in [0.25, 0.3) is 0 Å². The molecule has 3 heteroatoms. The van der Waals surface area contributed by atoms with Gasteiger partial charge in [-0.2, -0.15) is 0 Å². The van der Waals surface area contributed by atoms with Gasteiger partial charge in [-0.25, -0.2) is 0 Å². The van der Waals surface area contributed by atoms with E-state index < -0.39 is 0 Å². The van der Waals surface area contributed by atoms with Crippen LogP contribution in [0, 0.1) is 5.92 Å². The Labute approximate surface area is 139 Å². The second-order valence-electron chi connectivity index (χ2n) is 6.77. The van der Waals surface area contributed by atoms with Crippen molar-refractivity contribution in [3.05, 3.63) is 0 Å². The number of nitrogens with zero attached hydrogens (tertiary/aromatic N) is 1. The molecule has 1 amide bonds. The fourth-order valence-electron chi connectivity index (χ4n) is 2.88. The number of carbonyl (C=O) groups is 1. The van der Waals surface area contributed by atoms with Gasteiger partial charge in [0.05, 0.1) is 0 Å². The normalized spacial score (nSPS) is 12.4. The molecule has 132 valence electrons. The van der Waals surface area contributed by atoms with E-state index in [0.29, 0.717) is 6.54 Å². The Morgan fingerprint density at radius 2 is 1.41 bits per heavy atom. The Balaban J connectivity index is 3.44. The third-order valence-electron chi connectivity index (χ3n) is 4.49. The lowest BCUT2D eigenvalue weighted by Gasteiger charge is -2.21. The van der Waals surface area contributed by atoms with Crippen LogP contribution in [0.5, 0.6) is 0 Å². The zero-order valence-corrected chi connectivity index (χ0v) is 15.4. The quantitative estimate of drug-likeness (QED) is 0.444. The summed E-state index contributed by atoms with van der Waals surface area (Å²) in [7, 11) is 1.90. The molecule has 0 saturated carbocycles. The number of amides is 1. The van der Waals surface area contributed by atoms with Crippen LogP contribution in [0.3, 0.4) is 0 Å². The first-order valence-corrected chi connectivity index (χ1v) is 9.58. The van der Waals surface area contributed by atoms with E-state index in [2.05, 4.69) is 13.8 Å². The van der Waals surface area contributed by atoms with Gasteiger partial charge in [0, 0.05) is 19.5 Å². The second kappa shape index (κ2) is 15.3. The van der Waals surface area contributed by atoms with E-state index in [4.69, 9.17) is 5.73 Å². The molecule has 0 saturated heterocycles. The van der Waals surface area contributed by atoms with Gasteiger partial charge < -0.3 is 10.6 Å². The van der Waals surface area contributed by atoms with Gasteiger partial charge in [-0.3, -0.25) is 4.79 Å². The molecule has 0 aromatic carbocycles. The lowest BCUT2D eigenvalue weighted by molar-refractivity contribution is -0.133. The highest BCUT2D eigenvalue weighted by molar-refractivity contribution is 5.78. The summed E-state index contributed by atoms with van der Waals surface area (Å²) >= 11 is 0. The van der Waals surface area contributed by atoms with E-state index in [0.717, 1.165) is 19.4 Å². The largest absolute Gasteiger partial charge is 0.345 e. The minimum absolute atomic E-state index is 0.164. The first-order valence-electron chi connectivity index (χ1n) is 9.58. The van der Waals surface area contributed by atoms with Gasteiger partial charge >= 0.3 is 0 Å². The molecule has 0 aliphatic heterocycles. The highest BCUT2D eigenvalue weighted by Crippen LogP contribution is 2.15. The van der Waals surface area contributed by atoms with E-state index in [1.165, 1.54) is 64.2 Å². The molecule has 3 nitrogen and oxygen atoms in total. The van der Waals surface area contributed by atoms with Crippen LogP contribution in [0.15, 0.2) is 0 Å². The van der Waals surface area contributed by atoms with Crippen LogP contribution in [0.1, 0.15) is 90.9 Å². The Morgan fingerprint density at radius 1 is 0.909 bits per heavy atom. The summed E-state index contributed by atoms with van der Waals surface area (Å²) in [6.45, 7) is 5.78. The Hall–Kier alpha value is -0.570. The lowest BCUT2D eigenvalue weighted by Crippen LogP contribution is -2.33. The van der Waals surface area contributed by atoms with Crippen molar-refractivity contribution >= 4 is 5.91 Å². The number of unbranched alkanes of at least 4 members (excludes halogenated alkanes) is 9. The second-order valence-corrected chi connectivity index (χ2v) is 6.77. The van der Waals surface area contributed by atoms with Crippen LogP contribution in [0.4, 0.5) is 0 Å². The lowest BCUT2D eigenvalue weighted by atomic mass is 10.00. The number of rotatable bonds is 15. The summed E-state index contributed by atoms with van der Waals surface area (Å²) in [6, 6.07) is 0. The molecule has 1 unspecified atom stereocenters. The smallest absolute Gasteiger partial charge is 0.225 e. The van der Waals surface area contributed by atoms with Gasteiger partial charge in [-0.1, -0.05) is 78.1 Å². The molecular weight excluding hydrogens is 272 g/mol. The number of hydrogen-bond acceptors (Lipinski definition) is 2. The maximum absolute atomic E-state index is 12.1. The Morgan fingerprint density at radius 3 is 1.91 bits per heavy atom. The monoisotopic (exact) mass is 312 g/mol. The van der Waals surface area contributed by atoms with E-state index in [1.807, 2.05) is 11.9 Å². The van der Waals surface area contributed by atoms with Crippen molar-refractivity contribution < 1.29 is 4.79 Å². The molecule has 0 aliphatic rings. The third-order valence-corrected chi connectivity index (χ3v) is 4.49. The fourth-order valence-corrected chi connectivity index (χ4v) is 2.88. The predicted octanol–water partition coefficient (Wildman–Crippen LogP) is 4.74. The summed E-state index contributed by atoms with van der Waals surface area (Å²) in [6.07, 6.45) is 15.4. The van der Waals surface area contributed by atoms with Crippen LogP contribution in [-0.4, -0.2) is 30.9 Å². The molecule has 0 rings (SSSR count). The summed E-state index contributed by atoms with van der Waals surface area (Å²) < 4.78 is 0. The van der Waals surface area contributed by atoms with Crippen LogP contribution >= 0.6 is 0 Å². The molecule has 0 aliphatic carbocycles. The summed E-state index contributed by atoms with van der Waals surface area (Å²) in [5.41, 5.74) is 5.49. The average Bonchev–Trinajstić information content (AvgIpc) is 2.53. The Bertz CT molecular complexity index is 256. The number of nitrogens with two attached hydrogens (primary N) is 1. The van der Waals surface area contributed by atoms with Crippen molar-refractivity contribution in [1.29, 1.82) is 0 Å². The van der Waals surface area contributed by atoms with Crippen molar-refractivity contribution in [3.63, 3.8) is 0 Å². The van der Waals surface area contributed by atoms with Crippen molar-refractivity contribution in [2.45, 2.75) is 90.9 Å². The molecule has 0 fully saturated rings. The van der Waals surface area contributed by atoms with Gasteiger partial charge in [-0.15, -0.1) is 0 Å². The highest BCUT2D eigenvalue weighted by atomic mass is 16.2. The predicted molar refractivity (Wildman–Crippen MR) is 96.9 cm³/mol.